The highest BCUT2D eigenvalue weighted by Gasteiger charge is 2.46. The van der Waals surface area contributed by atoms with Crippen LogP contribution in [0.1, 0.15) is 138 Å². The molecule has 170 valence electrons. The molecule has 2 aliphatic rings. The van der Waals surface area contributed by atoms with Gasteiger partial charge in [-0.05, 0) is 79.4 Å². The summed E-state index contributed by atoms with van der Waals surface area (Å²) in [5.74, 6) is 3.64. The highest BCUT2D eigenvalue weighted by molar-refractivity contribution is 5.05. The van der Waals surface area contributed by atoms with Crippen molar-refractivity contribution < 1.29 is 0 Å². The molecule has 0 radical (unpaired) electrons. The second-order valence-electron chi connectivity index (χ2n) is 11.4. The summed E-state index contributed by atoms with van der Waals surface area (Å²) >= 11 is 0. The molecular weight excluding hydrogens is 348 g/mol. The standard InChI is InChI=1S/C29H54/c1-8-24-17-14-12-13-15-21-28(6,10-3)26(9-2)25-18-16-19-27(23(25)5)29(7,11-4)22-20-24/h20,23,25-27H,8-19,21-22H2,1-7H3. The van der Waals surface area contributed by atoms with Gasteiger partial charge in [0.15, 0.2) is 0 Å². The molecule has 29 heavy (non-hydrogen) atoms. The minimum Gasteiger partial charge on any atom is -0.0848 e. The first-order chi connectivity index (χ1) is 13.8. The van der Waals surface area contributed by atoms with Gasteiger partial charge in [0.25, 0.3) is 0 Å². The molecule has 2 bridgehead atoms. The van der Waals surface area contributed by atoms with Crippen molar-refractivity contribution in [1.29, 1.82) is 0 Å². The van der Waals surface area contributed by atoms with E-state index in [0.717, 1.165) is 23.7 Å². The van der Waals surface area contributed by atoms with E-state index in [1.807, 2.05) is 0 Å². The summed E-state index contributed by atoms with van der Waals surface area (Å²) in [6.45, 7) is 17.8. The summed E-state index contributed by atoms with van der Waals surface area (Å²) in [6.07, 6.45) is 22.3. The molecule has 1 saturated carbocycles. The molecule has 0 saturated heterocycles. The summed E-state index contributed by atoms with van der Waals surface area (Å²) in [4.78, 5) is 0. The van der Waals surface area contributed by atoms with E-state index < -0.39 is 0 Å². The first-order valence-electron chi connectivity index (χ1n) is 13.5. The molecule has 0 aromatic carbocycles. The van der Waals surface area contributed by atoms with E-state index in [1.165, 1.54) is 89.9 Å². The minimum absolute atomic E-state index is 0.486. The lowest BCUT2D eigenvalue weighted by Crippen LogP contribution is -2.43. The van der Waals surface area contributed by atoms with Crippen LogP contribution in [0.4, 0.5) is 0 Å². The third-order valence-corrected chi connectivity index (χ3v) is 10.0. The Bertz CT molecular complexity index is 502. The summed E-state index contributed by atoms with van der Waals surface area (Å²) < 4.78 is 0. The molecule has 0 aromatic heterocycles. The van der Waals surface area contributed by atoms with E-state index in [0.29, 0.717) is 10.8 Å². The molecule has 6 atom stereocenters. The van der Waals surface area contributed by atoms with Gasteiger partial charge in [0.05, 0.1) is 0 Å². The van der Waals surface area contributed by atoms with Gasteiger partial charge in [0.2, 0.25) is 0 Å². The fourth-order valence-corrected chi connectivity index (χ4v) is 7.48. The molecule has 0 heteroatoms. The molecule has 0 heterocycles. The van der Waals surface area contributed by atoms with Crippen LogP contribution in [0.3, 0.4) is 0 Å². The van der Waals surface area contributed by atoms with E-state index in [4.69, 9.17) is 0 Å². The Hall–Kier alpha value is -0.260. The molecule has 0 N–H and O–H groups in total. The number of hydrogen-bond acceptors (Lipinski definition) is 0. The topological polar surface area (TPSA) is 0 Å². The predicted molar refractivity (Wildman–Crippen MR) is 131 cm³/mol. The van der Waals surface area contributed by atoms with Crippen molar-refractivity contribution in [3.8, 4) is 0 Å². The molecule has 0 amide bonds. The van der Waals surface area contributed by atoms with E-state index in [-0.39, 0.29) is 0 Å². The van der Waals surface area contributed by atoms with E-state index in [2.05, 4.69) is 54.5 Å². The molecule has 0 nitrogen and oxygen atoms in total. The highest BCUT2D eigenvalue weighted by Crippen LogP contribution is 2.55. The van der Waals surface area contributed by atoms with Gasteiger partial charge in [-0.15, -0.1) is 0 Å². The molecule has 0 aromatic rings. The van der Waals surface area contributed by atoms with Crippen LogP contribution in [0.25, 0.3) is 0 Å². The SMILES string of the molecule is CCC1=CCC(C)(CC)C2CCCC(C2C)C(CC)C(C)(CC)CCCCCC1. The Kier molecular flexibility index (Phi) is 9.82. The molecule has 6 unspecified atom stereocenters. The van der Waals surface area contributed by atoms with Crippen LogP contribution in [0, 0.1) is 34.5 Å². The van der Waals surface area contributed by atoms with Crippen molar-refractivity contribution in [3.05, 3.63) is 11.6 Å². The van der Waals surface area contributed by atoms with E-state index in [1.54, 1.807) is 5.57 Å². The van der Waals surface area contributed by atoms with Crippen molar-refractivity contribution in [3.63, 3.8) is 0 Å². The Morgan fingerprint density at radius 2 is 1.55 bits per heavy atom. The van der Waals surface area contributed by atoms with Gasteiger partial charge in [-0.2, -0.15) is 0 Å². The van der Waals surface area contributed by atoms with Gasteiger partial charge in [0.1, 0.15) is 0 Å². The second-order valence-corrected chi connectivity index (χ2v) is 11.4. The molecule has 0 aliphatic heterocycles. The number of allylic oxidation sites excluding steroid dienone is 2. The fourth-order valence-electron chi connectivity index (χ4n) is 7.48. The van der Waals surface area contributed by atoms with Crippen LogP contribution in [-0.2, 0) is 0 Å². The van der Waals surface area contributed by atoms with Gasteiger partial charge in [0, 0.05) is 0 Å². The van der Waals surface area contributed by atoms with Crippen LogP contribution >= 0.6 is 0 Å². The monoisotopic (exact) mass is 402 g/mol. The van der Waals surface area contributed by atoms with Crippen molar-refractivity contribution >= 4 is 0 Å². The summed E-state index contributed by atoms with van der Waals surface area (Å²) in [7, 11) is 0. The van der Waals surface area contributed by atoms with Crippen molar-refractivity contribution in [2.24, 2.45) is 34.5 Å². The van der Waals surface area contributed by atoms with E-state index >= 15 is 0 Å². The summed E-state index contributed by atoms with van der Waals surface area (Å²) in [5, 5.41) is 0. The first kappa shape index (κ1) is 25.0. The number of rotatable bonds is 4. The zero-order valence-electron chi connectivity index (χ0n) is 21.3. The summed E-state index contributed by atoms with van der Waals surface area (Å²) in [6, 6.07) is 0. The maximum Gasteiger partial charge on any atom is -0.0263 e. The Morgan fingerprint density at radius 3 is 2.17 bits per heavy atom. The normalized spacial score (nSPS) is 40.6. The zero-order valence-corrected chi connectivity index (χ0v) is 21.3. The average Bonchev–Trinajstić information content (AvgIpc) is 2.73. The van der Waals surface area contributed by atoms with E-state index in [9.17, 15) is 0 Å². The Morgan fingerprint density at radius 1 is 0.862 bits per heavy atom. The maximum atomic E-state index is 2.69. The van der Waals surface area contributed by atoms with Crippen LogP contribution in [0.2, 0.25) is 0 Å². The molecule has 0 spiro atoms. The smallest absolute Gasteiger partial charge is 0.0263 e. The van der Waals surface area contributed by atoms with Crippen molar-refractivity contribution in [2.75, 3.05) is 0 Å². The largest absolute Gasteiger partial charge is 0.0848 e. The first-order valence-corrected chi connectivity index (χ1v) is 13.5. The third-order valence-electron chi connectivity index (χ3n) is 10.0. The van der Waals surface area contributed by atoms with Crippen LogP contribution in [0.15, 0.2) is 11.6 Å². The molecule has 2 aliphatic carbocycles. The highest BCUT2D eigenvalue weighted by atomic mass is 14.5. The second kappa shape index (κ2) is 11.4. The summed E-state index contributed by atoms with van der Waals surface area (Å²) in [5.41, 5.74) is 2.77. The third kappa shape index (κ3) is 5.92. The van der Waals surface area contributed by atoms with Crippen LogP contribution in [0.5, 0.6) is 0 Å². The minimum atomic E-state index is 0.486. The lowest BCUT2D eigenvalue weighted by Gasteiger charge is -2.52. The zero-order chi connectivity index (χ0) is 21.5. The van der Waals surface area contributed by atoms with Crippen LogP contribution < -0.4 is 0 Å². The number of hydrogen-bond donors (Lipinski definition) is 0. The average molecular weight is 403 g/mol. The number of fused-ring (bicyclic) bond motifs is 2. The van der Waals surface area contributed by atoms with Gasteiger partial charge < -0.3 is 0 Å². The lowest BCUT2D eigenvalue weighted by molar-refractivity contribution is -0.0200. The maximum absolute atomic E-state index is 2.69. The predicted octanol–water partition coefficient (Wildman–Crippen LogP) is 9.98. The van der Waals surface area contributed by atoms with Gasteiger partial charge in [-0.1, -0.05) is 105 Å². The van der Waals surface area contributed by atoms with Gasteiger partial charge in [-0.3, -0.25) is 0 Å². The fraction of sp³-hybridized carbons (Fsp3) is 0.931. The van der Waals surface area contributed by atoms with Crippen molar-refractivity contribution in [2.45, 2.75) is 138 Å². The molecule has 1 fully saturated rings. The van der Waals surface area contributed by atoms with Gasteiger partial charge >= 0.3 is 0 Å². The molecular formula is C29H54. The Balaban J connectivity index is 2.38. The van der Waals surface area contributed by atoms with Gasteiger partial charge in [-0.25, -0.2) is 0 Å². The van der Waals surface area contributed by atoms with Crippen molar-refractivity contribution in [1.82, 2.24) is 0 Å². The Labute approximate surface area is 184 Å². The lowest BCUT2D eigenvalue weighted by atomic mass is 9.53. The quantitative estimate of drug-likeness (QED) is 0.410. The molecule has 2 rings (SSSR count). The van der Waals surface area contributed by atoms with Crippen LogP contribution in [-0.4, -0.2) is 0 Å².